The van der Waals surface area contributed by atoms with Crippen molar-refractivity contribution < 1.29 is 18.0 Å². The maximum Gasteiger partial charge on any atom is 0.416 e. The molecule has 0 radical (unpaired) electrons. The van der Waals surface area contributed by atoms with Crippen LogP contribution >= 0.6 is 0 Å². The molecule has 1 N–H and O–H groups in total. The molecule has 3 rings (SSSR count). The van der Waals surface area contributed by atoms with Crippen molar-refractivity contribution in [2.45, 2.75) is 38.5 Å². The molecule has 0 spiro atoms. The topological polar surface area (TPSA) is 45.2 Å². The van der Waals surface area contributed by atoms with Gasteiger partial charge in [0.2, 0.25) is 5.91 Å². The molecule has 1 unspecified atom stereocenters. The second kappa shape index (κ2) is 5.96. The summed E-state index contributed by atoms with van der Waals surface area (Å²) >= 11 is 0. The highest BCUT2D eigenvalue weighted by Crippen LogP contribution is 2.33. The number of rotatable bonds is 3. The minimum Gasteiger partial charge on any atom is -0.373 e. The third-order valence-electron chi connectivity index (χ3n) is 4.26. The first-order valence-electron chi connectivity index (χ1n) is 7.80. The lowest BCUT2D eigenvalue weighted by atomic mass is 10.1. The maximum absolute atomic E-state index is 12.8. The van der Waals surface area contributed by atoms with Crippen LogP contribution in [0, 0.1) is 0 Å². The number of aromatic nitrogens is 1. The number of carbonyl (C=O) groups excluding carboxylic acids is 1. The first-order valence-corrected chi connectivity index (χ1v) is 7.80. The highest BCUT2D eigenvalue weighted by Gasteiger charge is 2.33. The van der Waals surface area contributed by atoms with Crippen molar-refractivity contribution in [1.82, 2.24) is 9.88 Å². The van der Waals surface area contributed by atoms with Gasteiger partial charge in [-0.05, 0) is 38.5 Å². The van der Waals surface area contributed by atoms with E-state index in [4.69, 9.17) is 0 Å². The van der Waals surface area contributed by atoms with Gasteiger partial charge in [-0.25, -0.2) is 0 Å². The molecule has 1 amide bonds. The predicted octanol–water partition coefficient (Wildman–Crippen LogP) is 3.67. The molecule has 1 fully saturated rings. The molecule has 4 nitrogen and oxygen atoms in total. The molecule has 128 valence electrons. The first kappa shape index (κ1) is 16.5. The fourth-order valence-electron chi connectivity index (χ4n) is 2.99. The fraction of sp³-hybridized carbons (Fsp3) is 0.412. The molecule has 2 aromatic rings. The second-order valence-electron chi connectivity index (χ2n) is 6.20. The summed E-state index contributed by atoms with van der Waals surface area (Å²) in [5, 5.41) is 3.73. The molecule has 0 saturated carbocycles. The molecular weight excluding hydrogens is 319 g/mol. The normalized spacial score (nSPS) is 18.7. The van der Waals surface area contributed by atoms with E-state index in [1.165, 1.54) is 12.3 Å². The molecular formula is C17H18F3N3O. The van der Waals surface area contributed by atoms with Gasteiger partial charge in [0.1, 0.15) is 6.04 Å². The lowest BCUT2D eigenvalue weighted by Crippen LogP contribution is -2.37. The summed E-state index contributed by atoms with van der Waals surface area (Å²) in [4.78, 5) is 18.2. The van der Waals surface area contributed by atoms with Gasteiger partial charge in [0.25, 0.3) is 0 Å². The average Bonchev–Trinajstić information content (AvgIpc) is 2.87. The number of carbonyl (C=O) groups is 1. The first-order chi connectivity index (χ1) is 11.3. The van der Waals surface area contributed by atoms with E-state index in [9.17, 15) is 18.0 Å². The van der Waals surface area contributed by atoms with Gasteiger partial charge in [0, 0.05) is 29.9 Å². The number of pyridine rings is 1. The third kappa shape index (κ3) is 3.02. The van der Waals surface area contributed by atoms with Crippen molar-refractivity contribution in [2.24, 2.45) is 0 Å². The Kier molecular flexibility index (Phi) is 4.11. The number of hydrogen-bond acceptors (Lipinski definition) is 3. The van der Waals surface area contributed by atoms with Crippen LogP contribution in [0.3, 0.4) is 0 Å². The summed E-state index contributed by atoms with van der Waals surface area (Å²) in [7, 11) is 0. The molecule has 1 atom stereocenters. The van der Waals surface area contributed by atoms with E-state index < -0.39 is 11.7 Å². The summed E-state index contributed by atoms with van der Waals surface area (Å²) in [6.07, 6.45) is -2.29. The third-order valence-corrected chi connectivity index (χ3v) is 4.26. The summed E-state index contributed by atoms with van der Waals surface area (Å²) < 4.78 is 38.5. The zero-order valence-corrected chi connectivity index (χ0v) is 13.4. The Bertz CT molecular complexity index is 773. The van der Waals surface area contributed by atoms with Gasteiger partial charge in [-0.1, -0.05) is 6.07 Å². The summed E-state index contributed by atoms with van der Waals surface area (Å²) in [6.45, 7) is 4.59. The number of alkyl halides is 3. The minimum atomic E-state index is -4.40. The number of amides is 1. The molecule has 0 bridgehead atoms. The van der Waals surface area contributed by atoms with Gasteiger partial charge >= 0.3 is 6.18 Å². The number of fused-ring (bicyclic) bond motifs is 1. The van der Waals surface area contributed by atoms with Crippen molar-refractivity contribution in [1.29, 1.82) is 0 Å². The van der Waals surface area contributed by atoms with Crippen LogP contribution in [0.2, 0.25) is 0 Å². The van der Waals surface area contributed by atoms with Gasteiger partial charge in [-0.3, -0.25) is 9.78 Å². The van der Waals surface area contributed by atoms with E-state index in [-0.39, 0.29) is 23.5 Å². The minimum absolute atomic E-state index is 0.0156. The Morgan fingerprint density at radius 1 is 1.29 bits per heavy atom. The quantitative estimate of drug-likeness (QED) is 0.929. The van der Waals surface area contributed by atoms with Gasteiger partial charge < -0.3 is 10.2 Å². The smallest absolute Gasteiger partial charge is 0.373 e. The highest BCUT2D eigenvalue weighted by molar-refractivity contribution is 5.94. The van der Waals surface area contributed by atoms with Crippen LogP contribution in [0.5, 0.6) is 0 Å². The predicted molar refractivity (Wildman–Crippen MR) is 85.6 cm³/mol. The molecule has 0 aliphatic carbocycles. The van der Waals surface area contributed by atoms with Crippen LogP contribution in [0.1, 0.15) is 25.8 Å². The molecule has 7 heteroatoms. The van der Waals surface area contributed by atoms with Crippen LogP contribution in [0.4, 0.5) is 18.9 Å². The molecule has 1 aliphatic rings. The summed E-state index contributed by atoms with van der Waals surface area (Å²) in [6, 6.07) is 4.91. The highest BCUT2D eigenvalue weighted by atomic mass is 19.4. The van der Waals surface area contributed by atoms with E-state index in [0.717, 1.165) is 12.1 Å². The Morgan fingerprint density at radius 2 is 2.04 bits per heavy atom. The van der Waals surface area contributed by atoms with Gasteiger partial charge in [0.15, 0.2) is 0 Å². The van der Waals surface area contributed by atoms with E-state index in [1.54, 1.807) is 11.0 Å². The number of benzene rings is 1. The fourth-order valence-corrected chi connectivity index (χ4v) is 2.99. The lowest BCUT2D eigenvalue weighted by molar-refractivity contribution is -0.137. The maximum atomic E-state index is 12.8. The van der Waals surface area contributed by atoms with E-state index in [0.29, 0.717) is 24.0 Å². The van der Waals surface area contributed by atoms with Crippen molar-refractivity contribution in [3.63, 3.8) is 0 Å². The number of hydrogen-bond donors (Lipinski definition) is 1. The Hall–Kier alpha value is -2.31. The Morgan fingerprint density at radius 3 is 2.67 bits per heavy atom. The molecule has 24 heavy (non-hydrogen) atoms. The zero-order valence-electron chi connectivity index (χ0n) is 13.4. The van der Waals surface area contributed by atoms with Gasteiger partial charge in [0.05, 0.1) is 11.1 Å². The largest absolute Gasteiger partial charge is 0.416 e. The zero-order chi connectivity index (χ0) is 17.5. The van der Waals surface area contributed by atoms with Crippen LogP contribution < -0.4 is 5.32 Å². The van der Waals surface area contributed by atoms with E-state index in [2.05, 4.69) is 10.3 Å². The molecule has 1 aromatic carbocycles. The lowest BCUT2D eigenvalue weighted by Gasteiger charge is -2.21. The summed E-state index contributed by atoms with van der Waals surface area (Å²) in [5.74, 6) is 0.0156. The molecule has 2 heterocycles. The van der Waals surface area contributed by atoms with E-state index in [1.807, 2.05) is 13.8 Å². The Labute approximate surface area is 137 Å². The number of nitrogens with zero attached hydrogens (tertiary/aromatic N) is 2. The second-order valence-corrected chi connectivity index (χ2v) is 6.20. The monoisotopic (exact) mass is 337 g/mol. The van der Waals surface area contributed by atoms with Gasteiger partial charge in [-0.15, -0.1) is 0 Å². The summed E-state index contributed by atoms with van der Waals surface area (Å²) in [5.41, 5.74) is 0.140. The molecule has 1 saturated heterocycles. The van der Waals surface area contributed by atoms with Crippen LogP contribution in [-0.2, 0) is 11.0 Å². The number of likely N-dealkylation sites (tertiary alicyclic amines) is 1. The van der Waals surface area contributed by atoms with Crippen LogP contribution in [0.15, 0.2) is 30.5 Å². The number of nitrogens with one attached hydrogen (secondary N) is 1. The number of anilines is 1. The SMILES string of the molecule is CC(C)N1CCC(Nc2ccnc3cc(C(F)(F)F)ccc23)C1=O. The molecule has 1 aliphatic heterocycles. The molecule has 1 aromatic heterocycles. The Balaban J connectivity index is 1.90. The number of halogens is 3. The van der Waals surface area contributed by atoms with Crippen LogP contribution in [0.25, 0.3) is 10.9 Å². The van der Waals surface area contributed by atoms with E-state index >= 15 is 0 Å². The van der Waals surface area contributed by atoms with Crippen LogP contribution in [-0.4, -0.2) is 34.4 Å². The standard InChI is InChI=1S/C17H18F3N3O/c1-10(2)23-8-6-14(16(23)24)22-13-5-7-21-15-9-11(17(18,19)20)3-4-12(13)15/h3-5,7,9-10,14H,6,8H2,1-2H3,(H,21,22). The van der Waals surface area contributed by atoms with Crippen molar-refractivity contribution in [3.8, 4) is 0 Å². The van der Waals surface area contributed by atoms with Crippen molar-refractivity contribution in [3.05, 3.63) is 36.0 Å². The van der Waals surface area contributed by atoms with Crippen molar-refractivity contribution >= 4 is 22.5 Å². The van der Waals surface area contributed by atoms with Gasteiger partial charge in [-0.2, -0.15) is 13.2 Å². The average molecular weight is 337 g/mol. The van der Waals surface area contributed by atoms with Crippen molar-refractivity contribution in [2.75, 3.05) is 11.9 Å².